The second kappa shape index (κ2) is 8.39. The monoisotopic (exact) mass is 326 g/mol. The summed E-state index contributed by atoms with van der Waals surface area (Å²) in [5.41, 5.74) is 2.19. The smallest absolute Gasteiger partial charge is 0.318 e. The molecular formula is C20H26N2O2. The summed E-state index contributed by atoms with van der Waals surface area (Å²) in [5.74, 6) is 1.16. The molecule has 2 N–H and O–H groups in total. The van der Waals surface area contributed by atoms with Crippen molar-refractivity contribution >= 4 is 6.03 Å². The Morgan fingerprint density at radius 1 is 0.875 bits per heavy atom. The molecule has 2 atom stereocenters. The molecule has 0 radical (unpaired) electrons. The van der Waals surface area contributed by atoms with Crippen LogP contribution in [0.1, 0.15) is 50.8 Å². The van der Waals surface area contributed by atoms with Crippen molar-refractivity contribution < 1.29 is 9.53 Å². The quantitative estimate of drug-likeness (QED) is 0.763. The van der Waals surface area contributed by atoms with Crippen LogP contribution in [0.15, 0.2) is 54.6 Å². The van der Waals surface area contributed by atoms with E-state index in [1.807, 2.05) is 68.4 Å². The van der Waals surface area contributed by atoms with Gasteiger partial charge in [-0.25, -0.2) is 4.79 Å². The van der Waals surface area contributed by atoms with E-state index >= 15 is 0 Å². The van der Waals surface area contributed by atoms with E-state index in [2.05, 4.69) is 24.5 Å². The fourth-order valence-electron chi connectivity index (χ4n) is 2.53. The normalized spacial score (nSPS) is 13.2. The molecule has 0 aromatic heterocycles. The Morgan fingerprint density at radius 2 is 1.50 bits per heavy atom. The first-order chi connectivity index (χ1) is 11.5. The number of carbonyl (C=O) groups is 1. The first-order valence-corrected chi connectivity index (χ1v) is 8.35. The van der Waals surface area contributed by atoms with Crippen LogP contribution in [0.4, 0.5) is 4.79 Å². The molecule has 2 aromatic rings. The highest BCUT2D eigenvalue weighted by Crippen LogP contribution is 2.26. The van der Waals surface area contributed by atoms with Crippen LogP contribution in [-0.4, -0.2) is 12.3 Å². The zero-order chi connectivity index (χ0) is 17.5. The molecule has 24 heavy (non-hydrogen) atoms. The van der Waals surface area contributed by atoms with Gasteiger partial charge in [-0.15, -0.1) is 0 Å². The molecule has 0 saturated carbocycles. The second-order valence-corrected chi connectivity index (χ2v) is 6.20. The third-order valence-corrected chi connectivity index (χ3v) is 3.83. The van der Waals surface area contributed by atoms with Gasteiger partial charge in [0.15, 0.2) is 6.23 Å². The van der Waals surface area contributed by atoms with Gasteiger partial charge in [0.2, 0.25) is 0 Å². The van der Waals surface area contributed by atoms with Gasteiger partial charge in [0.05, 0.1) is 6.04 Å². The third-order valence-electron chi connectivity index (χ3n) is 3.83. The molecule has 4 nitrogen and oxygen atoms in total. The van der Waals surface area contributed by atoms with Gasteiger partial charge in [0.25, 0.3) is 0 Å². The molecule has 0 aliphatic heterocycles. The van der Waals surface area contributed by atoms with Gasteiger partial charge in [0, 0.05) is 0 Å². The lowest BCUT2D eigenvalue weighted by atomic mass is 10.0. The Kier molecular flexibility index (Phi) is 6.24. The van der Waals surface area contributed by atoms with Crippen molar-refractivity contribution in [2.45, 2.75) is 45.9 Å². The fourth-order valence-corrected chi connectivity index (χ4v) is 2.53. The predicted octanol–water partition coefficient (Wildman–Crippen LogP) is 4.60. The number of carbonyl (C=O) groups excluding carboxylic acids is 1. The average Bonchev–Trinajstić information content (AvgIpc) is 2.55. The summed E-state index contributed by atoms with van der Waals surface area (Å²) in [7, 11) is 0. The molecule has 2 unspecified atom stereocenters. The first-order valence-electron chi connectivity index (χ1n) is 8.35. The zero-order valence-electron chi connectivity index (χ0n) is 14.7. The molecule has 0 aliphatic carbocycles. The molecule has 2 amide bonds. The lowest BCUT2D eigenvalue weighted by Gasteiger charge is -2.21. The lowest BCUT2D eigenvalue weighted by molar-refractivity contribution is 0.174. The summed E-state index contributed by atoms with van der Waals surface area (Å²) in [6.45, 7) is 8.02. The van der Waals surface area contributed by atoms with Crippen LogP contribution >= 0.6 is 0 Å². The molecule has 0 heterocycles. The molecule has 0 fully saturated rings. The van der Waals surface area contributed by atoms with Gasteiger partial charge in [0.1, 0.15) is 5.75 Å². The van der Waals surface area contributed by atoms with Crippen LogP contribution in [0.2, 0.25) is 0 Å². The molecule has 0 spiro atoms. The first kappa shape index (κ1) is 17.9. The largest absolute Gasteiger partial charge is 0.471 e. The van der Waals surface area contributed by atoms with E-state index in [0.29, 0.717) is 5.92 Å². The van der Waals surface area contributed by atoms with Crippen LogP contribution < -0.4 is 15.4 Å². The molecule has 2 rings (SSSR count). The average molecular weight is 326 g/mol. The van der Waals surface area contributed by atoms with E-state index in [0.717, 1.165) is 16.9 Å². The van der Waals surface area contributed by atoms with E-state index in [1.165, 1.54) is 0 Å². The Morgan fingerprint density at radius 3 is 2.17 bits per heavy atom. The second-order valence-electron chi connectivity index (χ2n) is 6.20. The summed E-state index contributed by atoms with van der Waals surface area (Å²) in [6.07, 6.45) is -0.423. The van der Waals surface area contributed by atoms with Gasteiger partial charge in [-0.3, -0.25) is 0 Å². The topological polar surface area (TPSA) is 50.4 Å². The molecule has 0 aliphatic rings. The molecule has 0 saturated heterocycles. The molecule has 2 aromatic carbocycles. The van der Waals surface area contributed by atoms with Gasteiger partial charge in [-0.1, -0.05) is 62.4 Å². The summed E-state index contributed by atoms with van der Waals surface area (Å²) in [5, 5.41) is 5.74. The fraction of sp³-hybridized carbons (Fsp3) is 0.350. The van der Waals surface area contributed by atoms with Gasteiger partial charge in [-0.05, 0) is 37.0 Å². The number of hydrogen-bond acceptors (Lipinski definition) is 2. The number of urea groups is 1. The van der Waals surface area contributed by atoms with Crippen LogP contribution in [0, 0.1) is 0 Å². The Bertz CT molecular complexity index is 656. The third kappa shape index (κ3) is 5.01. The van der Waals surface area contributed by atoms with Crippen molar-refractivity contribution in [3.05, 3.63) is 65.7 Å². The maximum Gasteiger partial charge on any atom is 0.318 e. The Balaban J connectivity index is 1.90. The van der Waals surface area contributed by atoms with Crippen molar-refractivity contribution in [1.29, 1.82) is 0 Å². The summed E-state index contributed by atoms with van der Waals surface area (Å²) >= 11 is 0. The highest BCUT2D eigenvalue weighted by Gasteiger charge is 2.14. The molecule has 4 heteroatoms. The van der Waals surface area contributed by atoms with Gasteiger partial charge in [-0.2, -0.15) is 0 Å². The standard InChI is InChI=1S/C20H26N2O2/c1-14(2)18-12-8-9-13-19(18)24-16(4)22-20(23)21-15(3)17-10-6-5-7-11-17/h5-16H,1-4H3,(H2,21,22,23). The van der Waals surface area contributed by atoms with Crippen molar-refractivity contribution in [1.82, 2.24) is 10.6 Å². The summed E-state index contributed by atoms with van der Waals surface area (Å²) in [4.78, 5) is 12.1. The minimum absolute atomic E-state index is 0.0682. The number of amides is 2. The van der Waals surface area contributed by atoms with E-state index in [-0.39, 0.29) is 12.1 Å². The van der Waals surface area contributed by atoms with Crippen LogP contribution in [0.3, 0.4) is 0 Å². The number of ether oxygens (including phenoxy) is 1. The Hall–Kier alpha value is -2.49. The molecule has 128 valence electrons. The highest BCUT2D eigenvalue weighted by atomic mass is 16.5. The van der Waals surface area contributed by atoms with Crippen molar-refractivity contribution in [3.63, 3.8) is 0 Å². The van der Waals surface area contributed by atoms with Crippen LogP contribution in [0.5, 0.6) is 5.75 Å². The minimum Gasteiger partial charge on any atom is -0.471 e. The maximum absolute atomic E-state index is 12.1. The molecule has 0 bridgehead atoms. The van der Waals surface area contributed by atoms with E-state index in [1.54, 1.807) is 0 Å². The van der Waals surface area contributed by atoms with E-state index < -0.39 is 6.23 Å². The predicted molar refractivity (Wildman–Crippen MR) is 97.1 cm³/mol. The van der Waals surface area contributed by atoms with E-state index in [4.69, 9.17) is 4.74 Å². The Labute approximate surface area is 144 Å². The SMILES string of the molecule is CC(NC(=O)NC(C)c1ccccc1)Oc1ccccc1C(C)C. The summed E-state index contributed by atoms with van der Waals surface area (Å²) < 4.78 is 5.89. The van der Waals surface area contributed by atoms with Gasteiger partial charge >= 0.3 is 6.03 Å². The van der Waals surface area contributed by atoms with Crippen LogP contribution in [-0.2, 0) is 0 Å². The van der Waals surface area contributed by atoms with Crippen molar-refractivity contribution in [2.24, 2.45) is 0 Å². The highest BCUT2D eigenvalue weighted by molar-refractivity contribution is 5.74. The molecular weight excluding hydrogens is 300 g/mol. The van der Waals surface area contributed by atoms with E-state index in [9.17, 15) is 4.79 Å². The number of rotatable bonds is 6. The number of para-hydroxylation sites is 1. The van der Waals surface area contributed by atoms with Crippen LogP contribution in [0.25, 0.3) is 0 Å². The zero-order valence-corrected chi connectivity index (χ0v) is 14.7. The summed E-state index contributed by atoms with van der Waals surface area (Å²) in [6, 6.07) is 17.4. The maximum atomic E-state index is 12.1. The van der Waals surface area contributed by atoms with Crippen molar-refractivity contribution in [2.75, 3.05) is 0 Å². The minimum atomic E-state index is -0.423. The lowest BCUT2D eigenvalue weighted by Crippen LogP contribution is -2.44. The number of benzene rings is 2. The number of nitrogens with one attached hydrogen (secondary N) is 2. The van der Waals surface area contributed by atoms with Crippen molar-refractivity contribution in [3.8, 4) is 5.75 Å². The number of hydrogen-bond donors (Lipinski definition) is 2. The van der Waals surface area contributed by atoms with Gasteiger partial charge < -0.3 is 15.4 Å².